The van der Waals surface area contributed by atoms with Crippen molar-refractivity contribution >= 4 is 5.97 Å². The number of fused-ring (bicyclic) bond motifs is 1. The summed E-state index contributed by atoms with van der Waals surface area (Å²) in [5, 5.41) is 0. The van der Waals surface area contributed by atoms with E-state index in [0.29, 0.717) is 5.76 Å². The molecule has 6 heteroatoms. The number of ether oxygens (including phenoxy) is 3. The second-order valence-corrected chi connectivity index (χ2v) is 6.83. The van der Waals surface area contributed by atoms with Crippen LogP contribution < -0.4 is 10.2 Å². The third-order valence-corrected chi connectivity index (χ3v) is 3.64. The number of carbonyl (C=O) groups is 1. The summed E-state index contributed by atoms with van der Waals surface area (Å²) >= 11 is 0. The van der Waals surface area contributed by atoms with Gasteiger partial charge in [0.2, 0.25) is 17.5 Å². The number of hydrogen-bond donors (Lipinski definition) is 0. The Labute approximate surface area is 145 Å². The van der Waals surface area contributed by atoms with Gasteiger partial charge in [0, 0.05) is 11.6 Å². The molecular weight excluding hydrogens is 324 g/mol. The highest BCUT2D eigenvalue weighted by molar-refractivity contribution is 5.75. The molecule has 0 saturated carbocycles. The van der Waals surface area contributed by atoms with E-state index in [0.717, 1.165) is 5.56 Å². The van der Waals surface area contributed by atoms with Gasteiger partial charge in [0.25, 0.3) is 0 Å². The molecule has 132 valence electrons. The van der Waals surface area contributed by atoms with Gasteiger partial charge in [-0.1, -0.05) is 30.3 Å². The van der Waals surface area contributed by atoms with E-state index in [9.17, 15) is 9.59 Å². The lowest BCUT2D eigenvalue weighted by Gasteiger charge is -2.25. The van der Waals surface area contributed by atoms with Crippen molar-refractivity contribution in [3.05, 3.63) is 63.7 Å². The van der Waals surface area contributed by atoms with Crippen molar-refractivity contribution in [3.8, 4) is 5.75 Å². The van der Waals surface area contributed by atoms with Crippen molar-refractivity contribution in [2.45, 2.75) is 40.3 Å². The van der Waals surface area contributed by atoms with E-state index in [1.165, 1.54) is 6.07 Å². The highest BCUT2D eigenvalue weighted by Gasteiger charge is 2.27. The second-order valence-electron chi connectivity index (χ2n) is 6.83. The maximum Gasteiger partial charge on any atom is 0.311 e. The third kappa shape index (κ3) is 3.91. The summed E-state index contributed by atoms with van der Waals surface area (Å²) in [6.45, 7) is 5.25. The van der Waals surface area contributed by atoms with E-state index in [4.69, 9.17) is 18.6 Å². The van der Waals surface area contributed by atoms with E-state index >= 15 is 0 Å². The predicted molar refractivity (Wildman–Crippen MR) is 88.8 cm³/mol. The molecule has 6 nitrogen and oxygen atoms in total. The van der Waals surface area contributed by atoms with Crippen LogP contribution in [0.3, 0.4) is 0 Å². The molecule has 1 aromatic heterocycles. The molecule has 2 heterocycles. The van der Waals surface area contributed by atoms with E-state index in [2.05, 4.69) is 0 Å². The summed E-state index contributed by atoms with van der Waals surface area (Å²) in [6.07, 6.45) is -0.652. The third-order valence-electron chi connectivity index (χ3n) is 3.64. The molecule has 0 aliphatic carbocycles. The molecule has 0 spiro atoms. The summed E-state index contributed by atoms with van der Waals surface area (Å²) < 4.78 is 22.0. The number of esters is 1. The molecule has 0 fully saturated rings. The molecule has 0 amide bonds. The highest BCUT2D eigenvalue weighted by Crippen LogP contribution is 2.31. The van der Waals surface area contributed by atoms with E-state index < -0.39 is 11.7 Å². The van der Waals surface area contributed by atoms with Gasteiger partial charge < -0.3 is 18.6 Å². The molecule has 0 saturated heterocycles. The van der Waals surface area contributed by atoms with Crippen molar-refractivity contribution in [2.24, 2.45) is 5.41 Å². The Morgan fingerprint density at radius 3 is 2.64 bits per heavy atom. The van der Waals surface area contributed by atoms with Gasteiger partial charge in [0.15, 0.2) is 5.76 Å². The van der Waals surface area contributed by atoms with Gasteiger partial charge in [-0.15, -0.1) is 0 Å². The Bertz CT molecular complexity index is 816. The summed E-state index contributed by atoms with van der Waals surface area (Å²) in [4.78, 5) is 24.1. The molecule has 0 radical (unpaired) electrons. The average Bonchev–Trinajstić information content (AvgIpc) is 2.59. The molecule has 25 heavy (non-hydrogen) atoms. The van der Waals surface area contributed by atoms with Gasteiger partial charge in [0.1, 0.15) is 19.0 Å². The van der Waals surface area contributed by atoms with Gasteiger partial charge in [-0.2, -0.15) is 0 Å². The van der Waals surface area contributed by atoms with Crippen LogP contribution in [0.2, 0.25) is 0 Å². The van der Waals surface area contributed by atoms with Crippen LogP contribution in [0.25, 0.3) is 0 Å². The van der Waals surface area contributed by atoms with Crippen molar-refractivity contribution in [1.82, 2.24) is 0 Å². The van der Waals surface area contributed by atoms with Gasteiger partial charge in [0.05, 0.1) is 5.41 Å². The Kier molecular flexibility index (Phi) is 4.63. The minimum absolute atomic E-state index is 0.102. The number of rotatable bonds is 3. The molecular formula is C19H20O6. The molecule has 2 aromatic rings. The predicted octanol–water partition coefficient (Wildman–Crippen LogP) is 3.34. The Hall–Kier alpha value is -2.60. The quantitative estimate of drug-likeness (QED) is 0.795. The summed E-state index contributed by atoms with van der Waals surface area (Å²) in [5.74, 6) is 0.309. The first-order chi connectivity index (χ1) is 11.8. The standard InChI is InChI=1S/C19H20O6/c1-19(2,3)18(21)23-10-13-9-14(20)16-15(24-13)11-22-17(25-16)12-7-5-4-6-8-12/h4-9,17H,10-11H2,1-3H3. The van der Waals surface area contributed by atoms with Gasteiger partial charge in [-0.05, 0) is 20.8 Å². The molecule has 0 N–H and O–H groups in total. The number of benzene rings is 1. The van der Waals surface area contributed by atoms with E-state index in [1.807, 2.05) is 30.3 Å². The Morgan fingerprint density at radius 2 is 1.96 bits per heavy atom. The molecule has 1 aliphatic rings. The number of hydrogen-bond acceptors (Lipinski definition) is 6. The monoisotopic (exact) mass is 344 g/mol. The first kappa shape index (κ1) is 17.2. The van der Waals surface area contributed by atoms with Gasteiger partial charge in [-0.3, -0.25) is 9.59 Å². The molecule has 3 rings (SSSR count). The minimum Gasteiger partial charge on any atom is -0.457 e. The SMILES string of the molecule is CC(C)(C)C(=O)OCc1cc(=O)c2c(o1)COC(c1ccccc1)O2. The Morgan fingerprint density at radius 1 is 1.24 bits per heavy atom. The van der Waals surface area contributed by atoms with Crippen LogP contribution in [0.1, 0.15) is 44.1 Å². The largest absolute Gasteiger partial charge is 0.457 e. The van der Waals surface area contributed by atoms with Crippen LogP contribution in [0.15, 0.2) is 45.6 Å². The molecule has 0 bridgehead atoms. The fourth-order valence-corrected chi connectivity index (χ4v) is 2.29. The molecule has 1 atom stereocenters. The summed E-state index contributed by atoms with van der Waals surface area (Å²) in [7, 11) is 0. The first-order valence-electron chi connectivity index (χ1n) is 8.01. The topological polar surface area (TPSA) is 75.0 Å². The van der Waals surface area contributed by atoms with Crippen LogP contribution in [0, 0.1) is 5.41 Å². The van der Waals surface area contributed by atoms with Crippen LogP contribution in [-0.4, -0.2) is 5.97 Å². The maximum atomic E-state index is 12.3. The zero-order valence-corrected chi connectivity index (χ0v) is 14.4. The molecule has 1 aliphatic heterocycles. The van der Waals surface area contributed by atoms with Crippen LogP contribution in [0.5, 0.6) is 5.75 Å². The Balaban J connectivity index is 1.76. The fourth-order valence-electron chi connectivity index (χ4n) is 2.29. The van der Waals surface area contributed by atoms with Crippen LogP contribution >= 0.6 is 0 Å². The van der Waals surface area contributed by atoms with Crippen molar-refractivity contribution < 1.29 is 23.4 Å². The van der Waals surface area contributed by atoms with Crippen LogP contribution in [0.4, 0.5) is 0 Å². The fraction of sp³-hybridized carbons (Fsp3) is 0.368. The van der Waals surface area contributed by atoms with Crippen molar-refractivity contribution in [3.63, 3.8) is 0 Å². The van der Waals surface area contributed by atoms with Gasteiger partial charge >= 0.3 is 5.97 Å². The zero-order valence-electron chi connectivity index (χ0n) is 14.4. The zero-order chi connectivity index (χ0) is 18.0. The summed E-state index contributed by atoms with van der Waals surface area (Å²) in [5.41, 5.74) is -0.132. The van der Waals surface area contributed by atoms with E-state index in [-0.39, 0.29) is 36.1 Å². The molecule has 1 unspecified atom stereocenters. The van der Waals surface area contributed by atoms with Crippen LogP contribution in [-0.2, 0) is 27.5 Å². The maximum absolute atomic E-state index is 12.3. The average molecular weight is 344 g/mol. The van der Waals surface area contributed by atoms with Crippen molar-refractivity contribution in [2.75, 3.05) is 0 Å². The minimum atomic E-state index is -0.652. The lowest BCUT2D eigenvalue weighted by Crippen LogP contribution is -2.24. The number of carbonyl (C=O) groups excluding carboxylic acids is 1. The second kappa shape index (κ2) is 6.72. The summed E-state index contributed by atoms with van der Waals surface area (Å²) in [6, 6.07) is 10.6. The molecule has 1 aromatic carbocycles. The van der Waals surface area contributed by atoms with Crippen molar-refractivity contribution in [1.29, 1.82) is 0 Å². The van der Waals surface area contributed by atoms with E-state index in [1.54, 1.807) is 20.8 Å². The van der Waals surface area contributed by atoms with Gasteiger partial charge in [-0.25, -0.2) is 0 Å². The highest BCUT2D eigenvalue weighted by atomic mass is 16.7. The lowest BCUT2D eigenvalue weighted by atomic mass is 9.97. The normalized spacial score (nSPS) is 16.7. The smallest absolute Gasteiger partial charge is 0.311 e. The lowest BCUT2D eigenvalue weighted by molar-refractivity contribution is -0.155. The first-order valence-corrected chi connectivity index (χ1v) is 8.01.